The lowest BCUT2D eigenvalue weighted by molar-refractivity contribution is -0.0116. The summed E-state index contributed by atoms with van der Waals surface area (Å²) in [5.41, 5.74) is 0.206. The lowest BCUT2D eigenvalue weighted by Gasteiger charge is -2.36. The number of ether oxygens (including phenoxy) is 1. The van der Waals surface area contributed by atoms with E-state index in [-0.39, 0.29) is 11.5 Å². The molecule has 0 saturated heterocycles. The maximum atomic E-state index is 5.56. The molecule has 0 radical (unpaired) electrons. The van der Waals surface area contributed by atoms with Crippen LogP contribution in [0.1, 0.15) is 41.0 Å². The minimum Gasteiger partial charge on any atom is -0.379 e. The molecule has 0 aliphatic heterocycles. The molecule has 0 bridgehead atoms. The number of hydrogen-bond donors (Lipinski definition) is 1. The van der Waals surface area contributed by atoms with Gasteiger partial charge in [0, 0.05) is 13.2 Å². The molecule has 0 rings (SSSR count). The highest BCUT2D eigenvalue weighted by Gasteiger charge is 2.30. The SMILES string of the molecule is CCNC(CC)C(OC)C(C)(C)C. The third kappa shape index (κ3) is 4.10. The fourth-order valence-corrected chi connectivity index (χ4v) is 1.85. The first-order chi connectivity index (χ1) is 5.97. The average Bonchev–Trinajstić information content (AvgIpc) is 2.01. The summed E-state index contributed by atoms with van der Waals surface area (Å²) in [6.07, 6.45) is 1.40. The Bertz CT molecular complexity index is 129. The second kappa shape index (κ2) is 5.61. The van der Waals surface area contributed by atoms with E-state index in [4.69, 9.17) is 4.74 Å². The predicted molar refractivity (Wildman–Crippen MR) is 58.0 cm³/mol. The number of likely N-dealkylation sites (N-methyl/N-ethyl adjacent to an activating group) is 1. The van der Waals surface area contributed by atoms with Crippen molar-refractivity contribution in [3.05, 3.63) is 0 Å². The molecule has 0 aromatic carbocycles. The van der Waals surface area contributed by atoms with Crippen LogP contribution in [-0.4, -0.2) is 25.8 Å². The molecule has 0 amide bonds. The largest absolute Gasteiger partial charge is 0.379 e. The standard InChI is InChI=1S/C11H25NO/c1-7-9(12-8-2)10(13-6)11(3,4)5/h9-10,12H,7-8H2,1-6H3. The third-order valence-electron chi connectivity index (χ3n) is 2.38. The zero-order valence-corrected chi connectivity index (χ0v) is 9.98. The lowest BCUT2D eigenvalue weighted by atomic mass is 9.83. The number of rotatable bonds is 5. The van der Waals surface area contributed by atoms with Gasteiger partial charge in [-0.25, -0.2) is 0 Å². The highest BCUT2D eigenvalue weighted by Crippen LogP contribution is 2.25. The van der Waals surface area contributed by atoms with Crippen LogP contribution in [0, 0.1) is 5.41 Å². The molecule has 2 atom stereocenters. The molecule has 2 heteroatoms. The fourth-order valence-electron chi connectivity index (χ4n) is 1.85. The molecule has 0 saturated carbocycles. The highest BCUT2D eigenvalue weighted by atomic mass is 16.5. The van der Waals surface area contributed by atoms with Crippen molar-refractivity contribution in [3.63, 3.8) is 0 Å². The Morgan fingerprint density at radius 1 is 1.23 bits per heavy atom. The van der Waals surface area contributed by atoms with Gasteiger partial charge in [0.2, 0.25) is 0 Å². The summed E-state index contributed by atoms with van der Waals surface area (Å²) in [6, 6.07) is 0.468. The van der Waals surface area contributed by atoms with E-state index in [0.29, 0.717) is 6.04 Å². The van der Waals surface area contributed by atoms with Gasteiger partial charge in [-0.2, -0.15) is 0 Å². The monoisotopic (exact) mass is 187 g/mol. The van der Waals surface area contributed by atoms with E-state index < -0.39 is 0 Å². The van der Waals surface area contributed by atoms with Crippen LogP contribution in [0.4, 0.5) is 0 Å². The molecule has 0 aliphatic carbocycles. The van der Waals surface area contributed by atoms with Crippen molar-refractivity contribution in [2.45, 2.75) is 53.2 Å². The Kier molecular flexibility index (Phi) is 5.57. The van der Waals surface area contributed by atoms with Crippen LogP contribution in [0.15, 0.2) is 0 Å². The van der Waals surface area contributed by atoms with Crippen molar-refractivity contribution >= 4 is 0 Å². The number of methoxy groups -OCH3 is 1. The molecular weight excluding hydrogens is 162 g/mol. The van der Waals surface area contributed by atoms with Crippen molar-refractivity contribution < 1.29 is 4.74 Å². The molecular formula is C11H25NO. The van der Waals surface area contributed by atoms with E-state index >= 15 is 0 Å². The number of nitrogens with one attached hydrogen (secondary N) is 1. The first kappa shape index (κ1) is 12.9. The summed E-state index contributed by atoms with van der Waals surface area (Å²) >= 11 is 0. The minimum atomic E-state index is 0.206. The summed E-state index contributed by atoms with van der Waals surface area (Å²) in [7, 11) is 1.80. The van der Waals surface area contributed by atoms with E-state index in [1.807, 2.05) is 0 Å². The van der Waals surface area contributed by atoms with Crippen LogP contribution in [0.2, 0.25) is 0 Å². The second-order valence-corrected chi connectivity index (χ2v) is 4.59. The van der Waals surface area contributed by atoms with Crippen molar-refractivity contribution in [2.75, 3.05) is 13.7 Å². The van der Waals surface area contributed by atoms with E-state index in [1.165, 1.54) is 0 Å². The maximum absolute atomic E-state index is 5.56. The first-order valence-electron chi connectivity index (χ1n) is 5.23. The molecule has 2 unspecified atom stereocenters. The minimum absolute atomic E-state index is 0.206. The van der Waals surface area contributed by atoms with Gasteiger partial charge >= 0.3 is 0 Å². The Balaban J connectivity index is 4.34. The highest BCUT2D eigenvalue weighted by molar-refractivity contribution is 4.84. The van der Waals surface area contributed by atoms with Gasteiger partial charge in [0.25, 0.3) is 0 Å². The molecule has 13 heavy (non-hydrogen) atoms. The molecule has 1 N–H and O–H groups in total. The van der Waals surface area contributed by atoms with Crippen molar-refractivity contribution in [1.29, 1.82) is 0 Å². The zero-order valence-electron chi connectivity index (χ0n) is 9.98. The van der Waals surface area contributed by atoms with Crippen LogP contribution < -0.4 is 5.32 Å². The summed E-state index contributed by atoms with van der Waals surface area (Å²) < 4.78 is 5.56. The Labute approximate surface area is 83.1 Å². The van der Waals surface area contributed by atoms with Crippen LogP contribution in [0.3, 0.4) is 0 Å². The molecule has 0 aromatic heterocycles. The second-order valence-electron chi connectivity index (χ2n) is 4.59. The van der Waals surface area contributed by atoms with Crippen LogP contribution in [0.25, 0.3) is 0 Å². The van der Waals surface area contributed by atoms with Gasteiger partial charge in [-0.15, -0.1) is 0 Å². The molecule has 80 valence electrons. The van der Waals surface area contributed by atoms with Gasteiger partial charge < -0.3 is 10.1 Å². The van der Waals surface area contributed by atoms with Gasteiger partial charge in [-0.1, -0.05) is 34.6 Å². The third-order valence-corrected chi connectivity index (χ3v) is 2.38. The normalized spacial score (nSPS) is 17.1. The van der Waals surface area contributed by atoms with Crippen LogP contribution in [0.5, 0.6) is 0 Å². The quantitative estimate of drug-likeness (QED) is 0.714. The number of hydrogen-bond acceptors (Lipinski definition) is 2. The van der Waals surface area contributed by atoms with E-state index in [1.54, 1.807) is 7.11 Å². The van der Waals surface area contributed by atoms with Crippen molar-refractivity contribution in [2.24, 2.45) is 5.41 Å². The molecule has 0 fully saturated rings. The van der Waals surface area contributed by atoms with Gasteiger partial charge in [-0.3, -0.25) is 0 Å². The fraction of sp³-hybridized carbons (Fsp3) is 1.00. The molecule has 2 nitrogen and oxygen atoms in total. The average molecular weight is 187 g/mol. The molecule has 0 aliphatic rings. The molecule has 0 spiro atoms. The topological polar surface area (TPSA) is 21.3 Å². The van der Waals surface area contributed by atoms with E-state index in [2.05, 4.69) is 39.9 Å². The zero-order chi connectivity index (χ0) is 10.5. The smallest absolute Gasteiger partial charge is 0.0772 e. The van der Waals surface area contributed by atoms with Crippen molar-refractivity contribution in [3.8, 4) is 0 Å². The van der Waals surface area contributed by atoms with E-state index in [9.17, 15) is 0 Å². The van der Waals surface area contributed by atoms with Crippen molar-refractivity contribution in [1.82, 2.24) is 5.32 Å². The van der Waals surface area contributed by atoms with Gasteiger partial charge in [0.05, 0.1) is 6.10 Å². The maximum Gasteiger partial charge on any atom is 0.0772 e. The summed E-state index contributed by atoms with van der Waals surface area (Å²) in [5.74, 6) is 0. The van der Waals surface area contributed by atoms with Gasteiger partial charge in [0.1, 0.15) is 0 Å². The molecule has 0 heterocycles. The van der Waals surface area contributed by atoms with Crippen LogP contribution >= 0.6 is 0 Å². The Morgan fingerprint density at radius 2 is 1.77 bits per heavy atom. The summed E-state index contributed by atoms with van der Waals surface area (Å²) in [6.45, 7) is 12.0. The summed E-state index contributed by atoms with van der Waals surface area (Å²) in [4.78, 5) is 0. The molecule has 0 aromatic rings. The van der Waals surface area contributed by atoms with E-state index in [0.717, 1.165) is 13.0 Å². The van der Waals surface area contributed by atoms with Crippen LogP contribution in [-0.2, 0) is 4.74 Å². The predicted octanol–water partition coefficient (Wildman–Crippen LogP) is 2.44. The lowest BCUT2D eigenvalue weighted by Crippen LogP contribution is -2.47. The van der Waals surface area contributed by atoms with Gasteiger partial charge in [-0.05, 0) is 18.4 Å². The van der Waals surface area contributed by atoms with Gasteiger partial charge in [0.15, 0.2) is 0 Å². The Hall–Kier alpha value is -0.0800. The Morgan fingerprint density at radius 3 is 2.00 bits per heavy atom. The summed E-state index contributed by atoms with van der Waals surface area (Å²) in [5, 5.41) is 3.46. The first-order valence-corrected chi connectivity index (χ1v) is 5.23.